The first kappa shape index (κ1) is 8.13. The van der Waals surface area contributed by atoms with Gasteiger partial charge in [-0.05, 0) is 18.2 Å². The molecule has 2 aromatic rings. The maximum Gasteiger partial charge on any atom is 0.125 e. The van der Waals surface area contributed by atoms with Crippen molar-refractivity contribution in [1.82, 2.24) is 10.2 Å². The number of halogens is 1. The summed E-state index contributed by atoms with van der Waals surface area (Å²) in [7, 11) is 0. The Kier molecular flexibility index (Phi) is 2.19. The summed E-state index contributed by atoms with van der Waals surface area (Å²) < 4.78 is 0. The molecule has 0 saturated carbocycles. The molecule has 1 heterocycles. The van der Waals surface area contributed by atoms with Gasteiger partial charge in [0, 0.05) is 16.8 Å². The lowest BCUT2D eigenvalue weighted by atomic mass is 10.3. The zero-order valence-electron chi connectivity index (χ0n) is 6.79. The topological polar surface area (TPSA) is 40.7 Å². The van der Waals surface area contributed by atoms with Crippen LogP contribution < -0.4 is 5.32 Å². The summed E-state index contributed by atoms with van der Waals surface area (Å²) in [6.07, 6.45) is 1.69. The highest BCUT2D eigenvalue weighted by Gasteiger charge is 1.94. The third kappa shape index (κ3) is 2.00. The first-order chi connectivity index (χ1) is 6.34. The lowest BCUT2D eigenvalue weighted by molar-refractivity contribution is 1.09. The van der Waals surface area contributed by atoms with Crippen molar-refractivity contribution >= 4 is 23.1 Å². The molecule has 2 N–H and O–H groups in total. The zero-order chi connectivity index (χ0) is 9.10. The van der Waals surface area contributed by atoms with Crippen LogP contribution in [0.1, 0.15) is 0 Å². The highest BCUT2D eigenvalue weighted by molar-refractivity contribution is 6.30. The van der Waals surface area contributed by atoms with Crippen LogP contribution in [0.15, 0.2) is 36.5 Å². The van der Waals surface area contributed by atoms with Gasteiger partial charge in [0.15, 0.2) is 0 Å². The largest absolute Gasteiger partial charge is 0.341 e. The van der Waals surface area contributed by atoms with Crippen LogP contribution >= 0.6 is 11.6 Å². The second-order valence-electron chi connectivity index (χ2n) is 2.61. The number of hydrogen-bond acceptors (Lipinski definition) is 2. The Bertz CT molecular complexity index is 384. The molecule has 0 fully saturated rings. The van der Waals surface area contributed by atoms with Crippen LogP contribution in [0.3, 0.4) is 0 Å². The molecule has 0 aliphatic rings. The van der Waals surface area contributed by atoms with Gasteiger partial charge >= 0.3 is 0 Å². The number of aromatic amines is 1. The lowest BCUT2D eigenvalue weighted by Gasteiger charge is -2.02. The molecule has 3 nitrogen and oxygen atoms in total. The molecular formula is C9H8ClN3. The van der Waals surface area contributed by atoms with Crippen molar-refractivity contribution in [2.75, 3.05) is 5.32 Å². The van der Waals surface area contributed by atoms with Gasteiger partial charge in [-0.25, -0.2) is 0 Å². The van der Waals surface area contributed by atoms with Gasteiger partial charge in [0.1, 0.15) is 5.82 Å². The minimum Gasteiger partial charge on any atom is -0.341 e. The van der Waals surface area contributed by atoms with Gasteiger partial charge in [0.25, 0.3) is 0 Å². The summed E-state index contributed by atoms with van der Waals surface area (Å²) in [4.78, 5) is 0. The number of nitrogens with zero attached hydrogens (tertiary/aromatic N) is 1. The molecule has 0 atom stereocenters. The van der Waals surface area contributed by atoms with Crippen LogP contribution in [0.4, 0.5) is 11.5 Å². The molecule has 0 spiro atoms. The molecule has 1 aromatic heterocycles. The standard InChI is InChI=1S/C9H8ClN3/c10-7-2-1-3-8(6-7)12-9-4-5-11-13-9/h1-6H,(H2,11,12,13). The van der Waals surface area contributed by atoms with E-state index in [2.05, 4.69) is 15.5 Å². The molecule has 13 heavy (non-hydrogen) atoms. The van der Waals surface area contributed by atoms with Crippen molar-refractivity contribution in [3.8, 4) is 0 Å². The molecule has 4 heteroatoms. The Morgan fingerprint density at radius 3 is 2.92 bits per heavy atom. The van der Waals surface area contributed by atoms with E-state index in [1.54, 1.807) is 6.20 Å². The van der Waals surface area contributed by atoms with Gasteiger partial charge in [0.05, 0.1) is 6.20 Å². The third-order valence-corrected chi connectivity index (χ3v) is 1.84. The van der Waals surface area contributed by atoms with Crippen molar-refractivity contribution < 1.29 is 0 Å². The molecular weight excluding hydrogens is 186 g/mol. The average Bonchev–Trinajstić information content (AvgIpc) is 2.57. The number of hydrogen-bond donors (Lipinski definition) is 2. The van der Waals surface area contributed by atoms with E-state index in [1.807, 2.05) is 30.3 Å². The monoisotopic (exact) mass is 193 g/mol. The minimum atomic E-state index is 0.713. The average molecular weight is 194 g/mol. The Morgan fingerprint density at radius 2 is 2.23 bits per heavy atom. The Labute approximate surface area is 80.7 Å². The highest BCUT2D eigenvalue weighted by atomic mass is 35.5. The third-order valence-electron chi connectivity index (χ3n) is 1.60. The summed E-state index contributed by atoms with van der Waals surface area (Å²) in [5.41, 5.74) is 0.941. The first-order valence-corrected chi connectivity index (χ1v) is 4.24. The number of benzene rings is 1. The van der Waals surface area contributed by atoms with E-state index in [-0.39, 0.29) is 0 Å². The Hall–Kier alpha value is -1.48. The van der Waals surface area contributed by atoms with Crippen LogP contribution in [0, 0.1) is 0 Å². The van der Waals surface area contributed by atoms with E-state index in [0.717, 1.165) is 11.5 Å². The summed E-state index contributed by atoms with van der Waals surface area (Å²) in [5.74, 6) is 0.849. The van der Waals surface area contributed by atoms with Gasteiger partial charge in [-0.15, -0.1) is 0 Å². The first-order valence-electron chi connectivity index (χ1n) is 3.86. The molecule has 66 valence electrons. The van der Waals surface area contributed by atoms with E-state index >= 15 is 0 Å². The summed E-state index contributed by atoms with van der Waals surface area (Å²) >= 11 is 5.82. The van der Waals surface area contributed by atoms with Crippen molar-refractivity contribution in [2.45, 2.75) is 0 Å². The summed E-state index contributed by atoms with van der Waals surface area (Å²) in [6, 6.07) is 9.36. The maximum atomic E-state index is 5.82. The molecule has 0 aliphatic heterocycles. The van der Waals surface area contributed by atoms with Crippen LogP contribution in [0.2, 0.25) is 5.02 Å². The number of anilines is 2. The Morgan fingerprint density at radius 1 is 1.31 bits per heavy atom. The lowest BCUT2D eigenvalue weighted by Crippen LogP contribution is -1.89. The molecule has 0 unspecified atom stereocenters. The number of nitrogens with one attached hydrogen (secondary N) is 2. The molecule has 0 amide bonds. The van der Waals surface area contributed by atoms with Crippen LogP contribution in [0.25, 0.3) is 0 Å². The molecule has 0 aliphatic carbocycles. The second kappa shape index (κ2) is 3.49. The van der Waals surface area contributed by atoms with Crippen LogP contribution in [-0.2, 0) is 0 Å². The highest BCUT2D eigenvalue weighted by Crippen LogP contribution is 2.17. The van der Waals surface area contributed by atoms with Crippen molar-refractivity contribution in [2.24, 2.45) is 0 Å². The van der Waals surface area contributed by atoms with Gasteiger partial charge < -0.3 is 5.32 Å². The normalized spacial score (nSPS) is 9.92. The van der Waals surface area contributed by atoms with Gasteiger partial charge in [-0.1, -0.05) is 17.7 Å². The fraction of sp³-hybridized carbons (Fsp3) is 0. The maximum absolute atomic E-state index is 5.82. The quantitative estimate of drug-likeness (QED) is 0.770. The predicted molar refractivity (Wildman–Crippen MR) is 53.3 cm³/mol. The van der Waals surface area contributed by atoms with Gasteiger partial charge in [-0.2, -0.15) is 5.10 Å². The van der Waals surface area contributed by atoms with Gasteiger partial charge in [-0.3, -0.25) is 5.10 Å². The van der Waals surface area contributed by atoms with Crippen LogP contribution in [-0.4, -0.2) is 10.2 Å². The molecule has 2 rings (SSSR count). The zero-order valence-corrected chi connectivity index (χ0v) is 7.55. The smallest absolute Gasteiger partial charge is 0.125 e. The molecule has 0 bridgehead atoms. The van der Waals surface area contributed by atoms with Crippen molar-refractivity contribution in [3.63, 3.8) is 0 Å². The minimum absolute atomic E-state index is 0.713. The van der Waals surface area contributed by atoms with E-state index < -0.39 is 0 Å². The van der Waals surface area contributed by atoms with Gasteiger partial charge in [0.2, 0.25) is 0 Å². The SMILES string of the molecule is Clc1cccc(Nc2ccn[nH]2)c1. The predicted octanol–water partition coefficient (Wildman–Crippen LogP) is 2.81. The van der Waals surface area contributed by atoms with Crippen molar-refractivity contribution in [1.29, 1.82) is 0 Å². The van der Waals surface area contributed by atoms with Crippen molar-refractivity contribution in [3.05, 3.63) is 41.6 Å². The Balaban J connectivity index is 2.19. The fourth-order valence-corrected chi connectivity index (χ4v) is 1.24. The second-order valence-corrected chi connectivity index (χ2v) is 3.04. The summed E-state index contributed by atoms with van der Waals surface area (Å²) in [5, 5.41) is 10.5. The molecule has 0 saturated heterocycles. The fourth-order valence-electron chi connectivity index (χ4n) is 1.05. The van der Waals surface area contributed by atoms with E-state index in [9.17, 15) is 0 Å². The van der Waals surface area contributed by atoms with E-state index in [0.29, 0.717) is 5.02 Å². The number of rotatable bonds is 2. The number of H-pyrrole nitrogens is 1. The number of aromatic nitrogens is 2. The van der Waals surface area contributed by atoms with E-state index in [4.69, 9.17) is 11.6 Å². The molecule has 0 radical (unpaired) electrons. The molecule has 1 aromatic carbocycles. The van der Waals surface area contributed by atoms with Crippen LogP contribution in [0.5, 0.6) is 0 Å². The van der Waals surface area contributed by atoms with E-state index in [1.165, 1.54) is 0 Å². The summed E-state index contributed by atoms with van der Waals surface area (Å²) in [6.45, 7) is 0.